The molecule has 11 nitrogen and oxygen atoms in total. The van der Waals surface area contributed by atoms with Gasteiger partial charge in [-0.3, -0.25) is 19.2 Å². The minimum atomic E-state index is -2.47. The van der Waals surface area contributed by atoms with Crippen molar-refractivity contribution in [2.75, 3.05) is 13.2 Å². The van der Waals surface area contributed by atoms with Crippen LogP contribution in [0.15, 0.2) is 42.5 Å². The number of esters is 4. The summed E-state index contributed by atoms with van der Waals surface area (Å²) in [4.78, 5) is 49.1. The summed E-state index contributed by atoms with van der Waals surface area (Å²) >= 11 is 0. The van der Waals surface area contributed by atoms with Gasteiger partial charge in [0.2, 0.25) is 11.9 Å². The summed E-state index contributed by atoms with van der Waals surface area (Å²) in [6, 6.07) is 12.8. The molecule has 12 heteroatoms. The zero-order chi connectivity index (χ0) is 39.0. The summed E-state index contributed by atoms with van der Waals surface area (Å²) in [7, 11) is -2.15. The minimum Gasteiger partial charge on any atom is -0.494 e. The molecule has 0 bridgehead atoms. The van der Waals surface area contributed by atoms with Crippen LogP contribution in [0.2, 0.25) is 16.6 Å². The van der Waals surface area contributed by atoms with Crippen LogP contribution >= 0.6 is 0 Å². The van der Waals surface area contributed by atoms with Gasteiger partial charge in [0.1, 0.15) is 26.5 Å². The largest absolute Gasteiger partial charge is 0.494 e. The molecule has 2 aromatic carbocycles. The Balaban J connectivity index is 2.32. The lowest BCUT2D eigenvalue weighted by Crippen LogP contribution is -2.66. The van der Waals surface area contributed by atoms with Crippen molar-refractivity contribution in [2.45, 2.75) is 129 Å². The monoisotopic (exact) mass is 738 g/mol. The van der Waals surface area contributed by atoms with Crippen molar-refractivity contribution in [3.05, 3.63) is 64.7 Å². The van der Waals surface area contributed by atoms with E-state index in [0.717, 1.165) is 43.2 Å². The maximum atomic E-state index is 12.6. The molecule has 1 aliphatic heterocycles. The first-order valence-electron chi connectivity index (χ1n) is 17.8. The van der Waals surface area contributed by atoms with Crippen LogP contribution in [0.4, 0.5) is 0 Å². The summed E-state index contributed by atoms with van der Waals surface area (Å²) in [5.74, 6) is -1.26. The molecule has 3 rings (SSSR count). The molecule has 0 saturated carbocycles. The van der Waals surface area contributed by atoms with E-state index < -0.39 is 68.8 Å². The molecular weight excluding hydrogens is 685 g/mol. The van der Waals surface area contributed by atoms with Crippen LogP contribution in [0.3, 0.4) is 0 Å². The molecule has 5 atom stereocenters. The molecule has 1 N–H and O–H groups in total. The first kappa shape index (κ1) is 42.2. The number of rotatable bonds is 13. The molecule has 0 unspecified atom stereocenters. The van der Waals surface area contributed by atoms with E-state index >= 15 is 0 Å². The fourth-order valence-electron chi connectivity index (χ4n) is 7.30. The van der Waals surface area contributed by atoms with E-state index in [2.05, 4.69) is 53.0 Å². The van der Waals surface area contributed by atoms with E-state index in [1.165, 1.54) is 6.92 Å². The van der Waals surface area contributed by atoms with Crippen molar-refractivity contribution in [3.8, 4) is 17.2 Å². The van der Waals surface area contributed by atoms with E-state index in [1.54, 1.807) is 18.2 Å². The molecule has 1 aliphatic rings. The van der Waals surface area contributed by atoms with Gasteiger partial charge in [-0.1, -0.05) is 65.7 Å². The molecule has 0 radical (unpaired) electrons. The van der Waals surface area contributed by atoms with Gasteiger partial charge < -0.3 is 33.5 Å². The van der Waals surface area contributed by atoms with Gasteiger partial charge in [-0.05, 0) is 65.4 Å². The van der Waals surface area contributed by atoms with Crippen LogP contribution < -0.4 is 4.74 Å². The second kappa shape index (κ2) is 18.0. The van der Waals surface area contributed by atoms with E-state index in [1.807, 2.05) is 31.2 Å². The van der Waals surface area contributed by atoms with Crippen molar-refractivity contribution in [3.63, 3.8) is 0 Å². The lowest BCUT2D eigenvalue weighted by atomic mass is 9.85. The molecule has 1 fully saturated rings. The second-order valence-corrected chi connectivity index (χ2v) is 19.7. The highest BCUT2D eigenvalue weighted by molar-refractivity contribution is 6.90. The average molecular weight is 739 g/mol. The minimum absolute atomic E-state index is 0.150. The number of carbonyl (C=O) groups is 4. The fraction of sp³-hybridized carbons (Fsp3) is 0.550. The van der Waals surface area contributed by atoms with Crippen molar-refractivity contribution in [1.29, 1.82) is 0 Å². The van der Waals surface area contributed by atoms with Gasteiger partial charge in [-0.15, -0.1) is 5.54 Å². The Bertz CT molecular complexity index is 1620. The van der Waals surface area contributed by atoms with E-state index in [9.17, 15) is 24.3 Å². The maximum Gasteiger partial charge on any atom is 0.303 e. The highest BCUT2D eigenvalue weighted by atomic mass is 28.3. The lowest BCUT2D eigenvalue weighted by molar-refractivity contribution is -0.360. The number of aliphatic hydroxyl groups is 1. The van der Waals surface area contributed by atoms with Crippen LogP contribution in [0.1, 0.15) is 98.4 Å². The van der Waals surface area contributed by atoms with Crippen LogP contribution in [0, 0.1) is 11.5 Å². The van der Waals surface area contributed by atoms with E-state index in [0.29, 0.717) is 29.7 Å². The number of hydrogen-bond acceptors (Lipinski definition) is 11. The Morgan fingerprint density at radius 2 is 1.37 bits per heavy atom. The summed E-state index contributed by atoms with van der Waals surface area (Å²) in [5, 5.41) is 12.6. The summed E-state index contributed by atoms with van der Waals surface area (Å²) in [6.45, 7) is 20.0. The molecule has 0 spiro atoms. The van der Waals surface area contributed by atoms with Crippen molar-refractivity contribution in [1.82, 2.24) is 0 Å². The van der Waals surface area contributed by atoms with Crippen LogP contribution in [0.5, 0.6) is 5.75 Å². The van der Waals surface area contributed by atoms with Crippen LogP contribution in [-0.4, -0.2) is 74.7 Å². The smallest absolute Gasteiger partial charge is 0.303 e. The maximum absolute atomic E-state index is 12.6. The van der Waals surface area contributed by atoms with Gasteiger partial charge in [0.15, 0.2) is 12.2 Å². The zero-order valence-corrected chi connectivity index (χ0v) is 33.2. The summed E-state index contributed by atoms with van der Waals surface area (Å²) in [5.41, 5.74) is 7.55. The Hall–Kier alpha value is -4.18. The van der Waals surface area contributed by atoms with Gasteiger partial charge in [-0.25, -0.2) is 0 Å². The van der Waals surface area contributed by atoms with E-state index in [4.69, 9.17) is 28.4 Å². The van der Waals surface area contributed by atoms with Gasteiger partial charge in [-0.2, -0.15) is 0 Å². The third-order valence-electron chi connectivity index (χ3n) is 9.48. The molecule has 2 aromatic rings. The Morgan fingerprint density at radius 3 is 1.87 bits per heavy atom. The molecule has 0 aliphatic carbocycles. The topological polar surface area (TPSA) is 144 Å². The first-order valence-corrected chi connectivity index (χ1v) is 20.0. The van der Waals surface area contributed by atoms with Gasteiger partial charge in [0, 0.05) is 38.8 Å². The molecule has 1 heterocycles. The number of carbonyl (C=O) groups excluding carboxylic acids is 4. The van der Waals surface area contributed by atoms with Crippen LogP contribution in [0.25, 0.3) is 0 Å². The molecule has 284 valence electrons. The number of benzene rings is 2. The SMILES string of the molecule is CCOc1ccc(Cc2cc([C@]3(O)O[C@H](COC(C)=O)[C@@H](OC(C)=O)[C@H](OC(C)=O)[C@H]3OC(C)=O)ccc2C#C[Si](C(C)C)(C(C)C)C(C)C)cc1. The Labute approximate surface area is 308 Å². The zero-order valence-electron chi connectivity index (χ0n) is 32.2. The third-order valence-corrected chi connectivity index (χ3v) is 15.8. The molecular formula is C40H54O11Si. The first-order chi connectivity index (χ1) is 24.3. The predicted molar refractivity (Wildman–Crippen MR) is 197 cm³/mol. The second-order valence-electron chi connectivity index (χ2n) is 14.1. The lowest BCUT2D eigenvalue weighted by Gasteiger charge is -2.48. The fourth-order valence-corrected chi connectivity index (χ4v) is 12.5. The number of ether oxygens (including phenoxy) is 6. The summed E-state index contributed by atoms with van der Waals surface area (Å²) in [6.07, 6.45) is -5.60. The Kier molecular flexibility index (Phi) is 14.6. The molecule has 52 heavy (non-hydrogen) atoms. The predicted octanol–water partition coefficient (Wildman–Crippen LogP) is 6.15. The van der Waals surface area contributed by atoms with Gasteiger partial charge in [0.05, 0.1) is 6.61 Å². The third kappa shape index (κ3) is 10.0. The normalized spacial score (nSPS) is 21.6. The quantitative estimate of drug-likeness (QED) is 0.109. The highest BCUT2D eigenvalue weighted by Gasteiger charge is 2.60. The molecule has 0 aromatic heterocycles. The molecule has 1 saturated heterocycles. The van der Waals surface area contributed by atoms with Gasteiger partial charge >= 0.3 is 23.9 Å². The standard InChI is InChI=1S/C40H54O11Si/c1-12-46-35-17-13-31(14-18-35)21-33-22-34(16-15-32(33)19-20-52(24(2)3,25(4)5)26(6)7)40(45)39(50-30(11)44)38(49-29(10)43)37(48-28(9)42)36(51-40)23-47-27(8)41/h13-18,22,24-26,36-39,45H,12,21,23H2,1-11H3/t36-,37-,38+,39-,40+/m1/s1. The average Bonchev–Trinajstić information content (AvgIpc) is 3.04. The Morgan fingerprint density at radius 1 is 0.808 bits per heavy atom. The number of hydrogen-bond donors (Lipinski definition) is 1. The van der Waals surface area contributed by atoms with Crippen LogP contribution in [-0.2, 0) is 55.1 Å². The van der Waals surface area contributed by atoms with Crippen molar-refractivity contribution < 1.29 is 52.7 Å². The van der Waals surface area contributed by atoms with Gasteiger partial charge in [0.25, 0.3) is 0 Å². The highest BCUT2D eigenvalue weighted by Crippen LogP contribution is 2.43. The molecule has 0 amide bonds. The van der Waals surface area contributed by atoms with Crippen molar-refractivity contribution >= 4 is 32.0 Å². The van der Waals surface area contributed by atoms with Crippen molar-refractivity contribution in [2.24, 2.45) is 0 Å². The van der Waals surface area contributed by atoms with E-state index in [-0.39, 0.29) is 5.56 Å². The summed E-state index contributed by atoms with van der Waals surface area (Å²) < 4.78 is 33.8.